The topological polar surface area (TPSA) is 80.1 Å². The fourth-order valence-corrected chi connectivity index (χ4v) is 3.32. The summed E-state index contributed by atoms with van der Waals surface area (Å²) in [6.45, 7) is 1.51. The number of hydrogen-bond donors (Lipinski definition) is 1. The normalized spacial score (nSPS) is 17.7. The summed E-state index contributed by atoms with van der Waals surface area (Å²) in [6.07, 6.45) is 3.92. The molecule has 1 aliphatic heterocycles. The van der Waals surface area contributed by atoms with Crippen LogP contribution in [-0.4, -0.2) is 39.8 Å². The average molecular weight is 319 g/mol. The van der Waals surface area contributed by atoms with E-state index in [0.717, 1.165) is 29.2 Å². The number of amides is 1. The van der Waals surface area contributed by atoms with E-state index in [2.05, 4.69) is 20.3 Å². The molecule has 8 heteroatoms. The SMILES string of the molecule is Cn1nc(C(=O)NC[C@H]2CCCN2c2nccs2)ccc1=O. The molecule has 0 saturated carbocycles. The summed E-state index contributed by atoms with van der Waals surface area (Å²) in [5.74, 6) is -0.262. The smallest absolute Gasteiger partial charge is 0.271 e. The zero-order valence-electron chi connectivity index (χ0n) is 12.2. The van der Waals surface area contributed by atoms with E-state index in [1.807, 2.05) is 5.38 Å². The lowest BCUT2D eigenvalue weighted by Gasteiger charge is -2.24. The van der Waals surface area contributed by atoms with E-state index >= 15 is 0 Å². The lowest BCUT2D eigenvalue weighted by atomic mass is 10.2. The van der Waals surface area contributed by atoms with Gasteiger partial charge in [-0.15, -0.1) is 11.3 Å². The summed E-state index contributed by atoms with van der Waals surface area (Å²) >= 11 is 1.61. The Balaban J connectivity index is 1.63. The Bertz CT molecular complexity index is 712. The summed E-state index contributed by atoms with van der Waals surface area (Å²) in [6, 6.07) is 3.05. The summed E-state index contributed by atoms with van der Waals surface area (Å²) in [7, 11) is 1.53. The van der Waals surface area contributed by atoms with Crippen LogP contribution in [0.3, 0.4) is 0 Å². The van der Waals surface area contributed by atoms with Gasteiger partial charge in [-0.2, -0.15) is 5.10 Å². The maximum atomic E-state index is 12.1. The third-order valence-electron chi connectivity index (χ3n) is 3.73. The maximum Gasteiger partial charge on any atom is 0.271 e. The Morgan fingerprint density at radius 3 is 3.09 bits per heavy atom. The van der Waals surface area contributed by atoms with Gasteiger partial charge in [0, 0.05) is 43.8 Å². The molecule has 22 heavy (non-hydrogen) atoms. The summed E-state index contributed by atoms with van der Waals surface area (Å²) in [4.78, 5) is 30.0. The fraction of sp³-hybridized carbons (Fsp3) is 0.429. The van der Waals surface area contributed by atoms with Crippen molar-refractivity contribution in [3.8, 4) is 0 Å². The highest BCUT2D eigenvalue weighted by Crippen LogP contribution is 2.26. The fourth-order valence-electron chi connectivity index (χ4n) is 2.58. The number of aryl methyl sites for hydroxylation is 1. The number of nitrogens with zero attached hydrogens (tertiary/aromatic N) is 4. The highest BCUT2D eigenvalue weighted by Gasteiger charge is 2.26. The van der Waals surface area contributed by atoms with Crippen LogP contribution >= 0.6 is 11.3 Å². The lowest BCUT2D eigenvalue weighted by Crippen LogP contribution is -2.40. The van der Waals surface area contributed by atoms with Gasteiger partial charge in [0.1, 0.15) is 5.69 Å². The number of rotatable bonds is 4. The van der Waals surface area contributed by atoms with E-state index in [4.69, 9.17) is 0 Å². The molecule has 3 rings (SSSR count). The first-order valence-corrected chi connectivity index (χ1v) is 8.02. The van der Waals surface area contributed by atoms with Crippen molar-refractivity contribution >= 4 is 22.4 Å². The number of aromatic nitrogens is 3. The molecule has 0 unspecified atom stereocenters. The predicted octanol–water partition coefficient (Wildman–Crippen LogP) is 0.636. The molecule has 1 aliphatic rings. The molecule has 0 aromatic carbocycles. The van der Waals surface area contributed by atoms with Gasteiger partial charge >= 0.3 is 0 Å². The van der Waals surface area contributed by atoms with Crippen LogP contribution in [0.5, 0.6) is 0 Å². The van der Waals surface area contributed by atoms with E-state index in [-0.39, 0.29) is 23.2 Å². The van der Waals surface area contributed by atoms with E-state index in [1.165, 1.54) is 19.2 Å². The predicted molar refractivity (Wildman–Crippen MR) is 84.3 cm³/mol. The van der Waals surface area contributed by atoms with Gasteiger partial charge in [0.15, 0.2) is 5.13 Å². The van der Waals surface area contributed by atoms with Crippen molar-refractivity contribution < 1.29 is 4.79 Å². The Morgan fingerprint density at radius 2 is 2.36 bits per heavy atom. The summed E-state index contributed by atoms with van der Waals surface area (Å²) in [5, 5.41) is 9.81. The third-order valence-corrected chi connectivity index (χ3v) is 4.54. The Hall–Kier alpha value is -2.22. The minimum Gasteiger partial charge on any atom is -0.349 e. The lowest BCUT2D eigenvalue weighted by molar-refractivity contribution is 0.0944. The average Bonchev–Trinajstić information content (AvgIpc) is 3.17. The quantitative estimate of drug-likeness (QED) is 0.894. The van der Waals surface area contributed by atoms with Crippen molar-refractivity contribution in [3.63, 3.8) is 0 Å². The summed E-state index contributed by atoms with van der Waals surface area (Å²) in [5.41, 5.74) is 0.0168. The molecular weight excluding hydrogens is 302 g/mol. The minimum absolute atomic E-state index is 0.234. The largest absolute Gasteiger partial charge is 0.349 e. The molecule has 1 saturated heterocycles. The van der Waals surface area contributed by atoms with Crippen LogP contribution in [0, 0.1) is 0 Å². The second-order valence-electron chi connectivity index (χ2n) is 5.19. The molecule has 0 spiro atoms. The molecular formula is C14H17N5O2S. The van der Waals surface area contributed by atoms with E-state index in [9.17, 15) is 9.59 Å². The monoisotopic (exact) mass is 319 g/mol. The van der Waals surface area contributed by atoms with Crippen molar-refractivity contribution in [2.75, 3.05) is 18.0 Å². The number of hydrogen-bond acceptors (Lipinski definition) is 6. The number of carbonyl (C=O) groups is 1. The van der Waals surface area contributed by atoms with Crippen LogP contribution in [-0.2, 0) is 7.05 Å². The van der Waals surface area contributed by atoms with Gasteiger partial charge in [0.25, 0.3) is 11.5 Å². The highest BCUT2D eigenvalue weighted by molar-refractivity contribution is 7.13. The first-order valence-electron chi connectivity index (χ1n) is 7.14. The van der Waals surface area contributed by atoms with Gasteiger partial charge < -0.3 is 10.2 Å². The molecule has 0 radical (unpaired) electrons. The molecule has 3 heterocycles. The van der Waals surface area contributed by atoms with Gasteiger partial charge in [-0.1, -0.05) is 0 Å². The van der Waals surface area contributed by atoms with Crippen molar-refractivity contribution in [1.29, 1.82) is 0 Å². The van der Waals surface area contributed by atoms with Crippen molar-refractivity contribution in [2.24, 2.45) is 7.05 Å². The molecule has 1 atom stereocenters. The maximum absolute atomic E-state index is 12.1. The van der Waals surface area contributed by atoms with Crippen molar-refractivity contribution in [3.05, 3.63) is 39.8 Å². The number of nitrogens with one attached hydrogen (secondary N) is 1. The van der Waals surface area contributed by atoms with Crippen molar-refractivity contribution in [1.82, 2.24) is 20.1 Å². The molecule has 1 N–H and O–H groups in total. The Kier molecular flexibility index (Phi) is 4.19. The van der Waals surface area contributed by atoms with Gasteiger partial charge in [-0.3, -0.25) is 9.59 Å². The zero-order valence-corrected chi connectivity index (χ0v) is 13.0. The van der Waals surface area contributed by atoms with Crippen LogP contribution < -0.4 is 15.8 Å². The molecule has 0 bridgehead atoms. The second kappa shape index (κ2) is 6.27. The Labute approximate surface area is 131 Å². The number of thiazole rings is 1. The molecule has 2 aromatic heterocycles. The standard InChI is InChI=1S/C14H17N5O2S/c1-18-12(20)5-4-11(17-18)13(21)16-9-10-3-2-7-19(10)14-15-6-8-22-14/h4-6,8,10H,2-3,7,9H2,1H3,(H,16,21)/t10-/m1/s1. The minimum atomic E-state index is -0.262. The molecule has 2 aromatic rings. The molecule has 0 aliphatic carbocycles. The van der Waals surface area contributed by atoms with Gasteiger partial charge in [0.05, 0.1) is 0 Å². The molecule has 7 nitrogen and oxygen atoms in total. The van der Waals surface area contributed by atoms with E-state index in [0.29, 0.717) is 6.54 Å². The van der Waals surface area contributed by atoms with Crippen LogP contribution in [0.1, 0.15) is 23.3 Å². The first-order chi connectivity index (χ1) is 10.6. The van der Waals surface area contributed by atoms with Crippen LogP contribution in [0.15, 0.2) is 28.5 Å². The van der Waals surface area contributed by atoms with Crippen molar-refractivity contribution in [2.45, 2.75) is 18.9 Å². The zero-order chi connectivity index (χ0) is 15.5. The van der Waals surface area contributed by atoms with Gasteiger partial charge in [-0.05, 0) is 18.9 Å². The molecule has 116 valence electrons. The van der Waals surface area contributed by atoms with Gasteiger partial charge in [0.2, 0.25) is 0 Å². The van der Waals surface area contributed by atoms with E-state index < -0.39 is 0 Å². The number of carbonyl (C=O) groups excluding carboxylic acids is 1. The van der Waals surface area contributed by atoms with Gasteiger partial charge in [-0.25, -0.2) is 9.67 Å². The second-order valence-corrected chi connectivity index (χ2v) is 6.07. The van der Waals surface area contributed by atoms with Crippen LogP contribution in [0.2, 0.25) is 0 Å². The third kappa shape index (κ3) is 3.01. The molecule has 1 amide bonds. The number of anilines is 1. The summed E-state index contributed by atoms with van der Waals surface area (Å²) < 4.78 is 1.16. The van der Waals surface area contributed by atoms with Crippen LogP contribution in [0.25, 0.3) is 0 Å². The van der Waals surface area contributed by atoms with Crippen LogP contribution in [0.4, 0.5) is 5.13 Å². The van der Waals surface area contributed by atoms with E-state index in [1.54, 1.807) is 17.5 Å². The highest BCUT2D eigenvalue weighted by atomic mass is 32.1. The first kappa shape index (κ1) is 14.7. The molecule has 1 fully saturated rings. The Morgan fingerprint density at radius 1 is 1.50 bits per heavy atom.